The zero-order chi connectivity index (χ0) is 50.3. The molecule has 1 N–H and O–H groups in total. The van der Waals surface area contributed by atoms with Crippen LogP contribution in [0.1, 0.15) is 22.8 Å². The maximum Gasteiger partial charge on any atom is 0.351 e. The van der Waals surface area contributed by atoms with Crippen molar-refractivity contribution in [1.29, 1.82) is 0 Å². The summed E-state index contributed by atoms with van der Waals surface area (Å²) in [5.41, 5.74) is 2.05. The van der Waals surface area contributed by atoms with Gasteiger partial charge in [-0.05, 0) is 67.6 Å². The summed E-state index contributed by atoms with van der Waals surface area (Å²) in [4.78, 5) is 27.6. The van der Waals surface area contributed by atoms with E-state index in [0.29, 0.717) is 5.39 Å². The topological polar surface area (TPSA) is 105 Å². The van der Waals surface area contributed by atoms with Gasteiger partial charge in [0, 0.05) is 104 Å². The minimum Gasteiger partial charge on any atom is -0.506 e. The molecular weight excluding hydrogens is 1080 g/mol. The first-order valence-electron chi connectivity index (χ1n) is 23.3. The minimum atomic E-state index is -2.79. The molecule has 10 rings (SSSR count). The number of hydrogen-bond acceptors (Lipinski definition) is 7. The predicted octanol–water partition coefficient (Wildman–Crippen LogP) is 13.6. The van der Waals surface area contributed by atoms with Crippen molar-refractivity contribution in [3.8, 4) is 5.75 Å². The second kappa shape index (κ2) is 25.6. The second-order valence-corrected chi connectivity index (χ2v) is 21.8. The third kappa shape index (κ3) is 12.1. The Labute approximate surface area is 467 Å². The molecule has 9 aromatic carbocycles. The van der Waals surface area contributed by atoms with Gasteiger partial charge in [0.1, 0.15) is 11.3 Å². The number of allylic oxidation sites excluding steroid dienone is 3. The summed E-state index contributed by atoms with van der Waals surface area (Å²) in [5, 5.41) is 16.0. The molecule has 1 heterocycles. The van der Waals surface area contributed by atoms with Crippen LogP contribution in [-0.4, -0.2) is 10.9 Å². The van der Waals surface area contributed by atoms with Crippen LogP contribution in [0.5, 0.6) is 5.75 Å². The van der Waals surface area contributed by atoms with Crippen LogP contribution >= 0.6 is 14.3 Å². The summed E-state index contributed by atoms with van der Waals surface area (Å²) in [5.74, 6) is -0.962. The molecule has 1 aromatic heterocycles. The molecule has 361 valence electrons. The molecule has 0 aliphatic rings. The average molecular weight is 1130 g/mol. The van der Waals surface area contributed by atoms with Crippen molar-refractivity contribution in [3.63, 3.8) is 0 Å². The second-order valence-electron chi connectivity index (χ2n) is 16.3. The molecule has 0 aliphatic carbocycles. The van der Waals surface area contributed by atoms with E-state index in [1.54, 1.807) is 42.5 Å². The van der Waals surface area contributed by atoms with Gasteiger partial charge in [0.2, 0.25) is 5.78 Å². The van der Waals surface area contributed by atoms with Crippen LogP contribution in [0.2, 0.25) is 0 Å². The van der Waals surface area contributed by atoms with Gasteiger partial charge in [-0.2, -0.15) is 0 Å². The number of hydrogen-bond donors (Lipinski definition) is 1. The van der Waals surface area contributed by atoms with Gasteiger partial charge in [0.15, 0.2) is 19.8 Å². The number of ketones is 1. The van der Waals surface area contributed by atoms with Crippen LogP contribution in [0, 0.1) is 49.4 Å². The van der Waals surface area contributed by atoms with Crippen molar-refractivity contribution in [3.05, 3.63) is 306 Å². The Morgan fingerprint density at radius 1 is 0.493 bits per heavy atom. The molecule has 10 heteroatoms. The molecule has 7 nitrogen and oxygen atoms in total. The fourth-order valence-electron chi connectivity index (χ4n) is 8.35. The van der Waals surface area contributed by atoms with E-state index in [4.69, 9.17) is 4.42 Å². The number of carbonyl (C=O) groups excluding carboxylic acids is 1. The van der Waals surface area contributed by atoms with E-state index in [2.05, 4.69) is 11.5 Å². The van der Waals surface area contributed by atoms with Gasteiger partial charge < -0.3 is 23.6 Å². The summed E-state index contributed by atoms with van der Waals surface area (Å²) in [6.45, 7) is 5.71. The van der Waals surface area contributed by atoms with E-state index in [9.17, 15) is 23.8 Å². The van der Waals surface area contributed by atoms with Gasteiger partial charge in [-0.25, -0.2) is 4.79 Å². The number of aromatic hydroxyl groups is 1. The number of carbonyl (C=O) groups is 1. The van der Waals surface area contributed by atoms with Gasteiger partial charge in [-0.3, -0.25) is 4.79 Å². The number of nitrogens with zero attached hydrogens (tertiary/aromatic N) is 1. The molecule has 0 bridgehead atoms. The van der Waals surface area contributed by atoms with Gasteiger partial charge >= 0.3 is 5.63 Å². The van der Waals surface area contributed by atoms with Crippen molar-refractivity contribution in [1.82, 2.24) is 0 Å². The van der Waals surface area contributed by atoms with Crippen LogP contribution in [0.15, 0.2) is 294 Å². The van der Waals surface area contributed by atoms with Crippen molar-refractivity contribution >= 4 is 74.6 Å². The Bertz CT molecular complexity index is 3400. The molecule has 0 fully saturated rings. The van der Waals surface area contributed by atoms with Crippen molar-refractivity contribution < 1.29 is 72.8 Å². The summed E-state index contributed by atoms with van der Waals surface area (Å²) >= 11 is 0. The van der Waals surface area contributed by atoms with Crippen molar-refractivity contribution in [2.45, 2.75) is 6.92 Å². The SMILES string of the molecule is C=C/C(=C\C)P(=O)(c1ccccc1)c1ccccc1.O=C(c1ccc(N(c2ccccc2)c2ccccc2)cc1)c1c(O)c2ccccc2oc1=O.O=P(c1ccccc1)(c1ccccc1)c1ccccc1.[Eu]. The maximum atomic E-state index is 13.8. The maximum absolute atomic E-state index is 13.8. The first-order valence-corrected chi connectivity index (χ1v) is 26.7. The fourth-order valence-corrected chi connectivity index (χ4v) is 13.7. The Balaban J connectivity index is 0.000000169. The molecule has 10 aromatic rings. The number of fused-ring (bicyclic) bond motifs is 1. The van der Waals surface area contributed by atoms with Crippen LogP contribution in [0.3, 0.4) is 0 Å². The molecule has 0 aliphatic heterocycles. The Morgan fingerprint density at radius 2 is 0.836 bits per heavy atom. The summed E-state index contributed by atoms with van der Waals surface area (Å²) in [7, 11) is -5.57. The Kier molecular flexibility index (Phi) is 18.8. The normalized spacial score (nSPS) is 11.1. The van der Waals surface area contributed by atoms with Crippen LogP contribution in [0.4, 0.5) is 17.1 Å². The number of anilines is 3. The van der Waals surface area contributed by atoms with E-state index in [-0.39, 0.29) is 71.8 Å². The Morgan fingerprint density at radius 3 is 1.22 bits per heavy atom. The monoisotopic (exact) mass is 1130 g/mol. The van der Waals surface area contributed by atoms with E-state index in [0.717, 1.165) is 48.9 Å². The molecule has 0 atom stereocenters. The standard InChI is InChI=1S/C28H19NO4.C18H15OP.C17H17OP.Eu/c30-26(25-27(31)23-13-7-8-14-24(23)33-28(25)32)19-15-17-22(18-16-19)29(20-9-3-1-4-10-20)21-11-5-2-6-12-21;19-20(16-10-4-1-5-11-16,17-12-6-2-7-13-17)18-14-8-3-9-15-18;1-3-15(4-2)19(18,16-11-7-5-8-12-16)17-13-9-6-10-14-17;/h1-18,31H;1-15H;3-14H,1H2,2H3;/b;;15-4+;. The summed E-state index contributed by atoms with van der Waals surface area (Å²) < 4.78 is 32.7. The molecule has 0 saturated heterocycles. The molecule has 1 radical (unpaired) electrons. The van der Waals surface area contributed by atoms with Gasteiger partial charge in [-0.15, -0.1) is 0 Å². The van der Waals surface area contributed by atoms with Gasteiger partial charge in [-0.1, -0.05) is 219 Å². The number of para-hydroxylation sites is 3. The van der Waals surface area contributed by atoms with Gasteiger partial charge in [0.25, 0.3) is 0 Å². The minimum absolute atomic E-state index is 0. The van der Waals surface area contributed by atoms with E-state index in [1.807, 2.05) is 237 Å². The zero-order valence-corrected chi connectivity index (χ0v) is 44.1. The van der Waals surface area contributed by atoms with E-state index < -0.39 is 25.7 Å². The smallest absolute Gasteiger partial charge is 0.351 e. The first kappa shape index (κ1) is 53.8. The van der Waals surface area contributed by atoms with E-state index >= 15 is 0 Å². The molecule has 0 saturated carbocycles. The van der Waals surface area contributed by atoms with E-state index in [1.165, 1.54) is 0 Å². The van der Waals surface area contributed by atoms with Crippen LogP contribution < -0.4 is 37.0 Å². The molecule has 0 spiro atoms. The van der Waals surface area contributed by atoms with Crippen LogP contribution in [0.25, 0.3) is 11.0 Å². The number of benzene rings is 9. The van der Waals surface area contributed by atoms with Crippen LogP contribution in [-0.2, 0) is 9.13 Å². The zero-order valence-electron chi connectivity index (χ0n) is 39.9. The molecule has 73 heavy (non-hydrogen) atoms. The Hall–Kier alpha value is -7.02. The molecular formula is C63H51EuNO6P2. The fraction of sp³-hybridized carbons (Fsp3) is 0.0159. The largest absolute Gasteiger partial charge is 0.506 e. The van der Waals surface area contributed by atoms with Gasteiger partial charge in [0.05, 0.1) is 5.39 Å². The third-order valence-corrected chi connectivity index (χ3v) is 18.2. The molecule has 0 amide bonds. The summed E-state index contributed by atoms with van der Waals surface area (Å²) in [6, 6.07) is 81.6. The molecule has 0 unspecified atom stereocenters. The third-order valence-electron chi connectivity index (χ3n) is 11.9. The van der Waals surface area contributed by atoms with Crippen molar-refractivity contribution in [2.75, 3.05) is 4.90 Å². The quantitative estimate of drug-likeness (QED) is 0.0562. The average Bonchev–Trinajstić information content (AvgIpc) is 3.45. The first-order chi connectivity index (χ1) is 35.2. The summed E-state index contributed by atoms with van der Waals surface area (Å²) in [6.07, 6.45) is 3.58. The van der Waals surface area contributed by atoms with Crippen molar-refractivity contribution in [2.24, 2.45) is 0 Å². The number of rotatable bonds is 12. The predicted molar refractivity (Wildman–Crippen MR) is 298 cm³/mol.